The van der Waals surface area contributed by atoms with E-state index in [0.717, 1.165) is 10.9 Å². The molecule has 0 bridgehead atoms. The molecule has 0 radical (unpaired) electrons. The molecule has 4 nitrogen and oxygen atoms in total. The Morgan fingerprint density at radius 3 is 2.60 bits per heavy atom. The molecule has 1 aromatic heterocycles. The smallest absolute Gasteiger partial charge is 0.336 e. The fourth-order valence-corrected chi connectivity index (χ4v) is 1.78. The van der Waals surface area contributed by atoms with E-state index in [4.69, 9.17) is 13.9 Å². The Kier molecular flexibility index (Phi) is 3.95. The largest absolute Gasteiger partial charge is 0.496 e. The van der Waals surface area contributed by atoms with E-state index in [-0.39, 0.29) is 11.2 Å². The molecule has 1 aromatic carbocycles. The van der Waals surface area contributed by atoms with Gasteiger partial charge in [0.2, 0.25) is 0 Å². The van der Waals surface area contributed by atoms with Gasteiger partial charge in [0.15, 0.2) is 0 Å². The summed E-state index contributed by atoms with van der Waals surface area (Å²) in [7, 11) is 3.25. The van der Waals surface area contributed by atoms with E-state index in [2.05, 4.69) is 0 Å². The summed E-state index contributed by atoms with van der Waals surface area (Å²) in [5, 5.41) is 0.847. The van der Waals surface area contributed by atoms with E-state index in [9.17, 15) is 4.79 Å². The van der Waals surface area contributed by atoms with Crippen LogP contribution in [0.5, 0.6) is 5.75 Å². The van der Waals surface area contributed by atoms with E-state index in [0.29, 0.717) is 11.3 Å². The van der Waals surface area contributed by atoms with Crippen LogP contribution < -0.4 is 10.4 Å². The lowest BCUT2D eigenvalue weighted by Gasteiger charge is -2.17. The molecule has 106 valence electrons. The third-order valence-corrected chi connectivity index (χ3v) is 3.16. The first kappa shape index (κ1) is 14.3. The second kappa shape index (κ2) is 5.51. The minimum atomic E-state index is -0.372. The highest BCUT2D eigenvalue weighted by Gasteiger charge is 2.12. The van der Waals surface area contributed by atoms with Gasteiger partial charge in [-0.05, 0) is 26.0 Å². The Balaban J connectivity index is 2.52. The van der Waals surface area contributed by atoms with Crippen molar-refractivity contribution in [1.82, 2.24) is 0 Å². The van der Waals surface area contributed by atoms with E-state index in [1.807, 2.05) is 32.1 Å². The molecule has 0 N–H and O–H groups in total. The molecule has 2 aromatic rings. The highest BCUT2D eigenvalue weighted by Crippen LogP contribution is 2.27. The number of ether oxygens (including phenoxy) is 2. The van der Waals surface area contributed by atoms with Crippen LogP contribution in [0.15, 0.2) is 39.6 Å². The van der Waals surface area contributed by atoms with Gasteiger partial charge in [0.25, 0.3) is 0 Å². The van der Waals surface area contributed by atoms with Crippen LogP contribution >= 0.6 is 0 Å². The van der Waals surface area contributed by atoms with Crippen LogP contribution in [0.4, 0.5) is 0 Å². The molecule has 0 saturated heterocycles. The maximum absolute atomic E-state index is 11.2. The summed E-state index contributed by atoms with van der Waals surface area (Å²) >= 11 is 0. The third-order valence-electron chi connectivity index (χ3n) is 3.16. The third kappa shape index (κ3) is 3.08. The molecule has 20 heavy (non-hydrogen) atoms. The number of hydrogen-bond donors (Lipinski definition) is 0. The average molecular weight is 274 g/mol. The Bertz CT molecular complexity index is 695. The number of benzene rings is 1. The molecule has 0 atom stereocenters. The van der Waals surface area contributed by atoms with Gasteiger partial charge in [-0.15, -0.1) is 0 Å². The lowest BCUT2D eigenvalue weighted by atomic mass is 10.1. The van der Waals surface area contributed by atoms with Gasteiger partial charge in [-0.1, -0.05) is 12.2 Å². The van der Waals surface area contributed by atoms with E-state index in [1.54, 1.807) is 26.4 Å². The Hall–Kier alpha value is -2.07. The summed E-state index contributed by atoms with van der Waals surface area (Å²) in [5.74, 6) is 0.648. The fraction of sp³-hybridized carbons (Fsp3) is 0.312. The predicted molar refractivity (Wildman–Crippen MR) is 79.2 cm³/mol. The normalized spacial score (nSPS) is 12.2. The maximum Gasteiger partial charge on any atom is 0.336 e. The Labute approximate surface area is 117 Å². The topological polar surface area (TPSA) is 48.7 Å². The number of fused-ring (bicyclic) bond motifs is 1. The van der Waals surface area contributed by atoms with Gasteiger partial charge in [0.1, 0.15) is 11.3 Å². The maximum atomic E-state index is 11.2. The zero-order chi connectivity index (χ0) is 14.8. The standard InChI is InChI=1S/C16H18O4/c1-16(2,19-4)8-7-12-9-11-5-6-15(17)20-14(11)10-13(12)18-3/h5-10H,1-4H3/b8-7+. The van der Waals surface area contributed by atoms with Crippen LogP contribution in [0.3, 0.4) is 0 Å². The van der Waals surface area contributed by atoms with Gasteiger partial charge in [-0.25, -0.2) is 4.79 Å². The zero-order valence-corrected chi connectivity index (χ0v) is 12.1. The van der Waals surface area contributed by atoms with Crippen molar-refractivity contribution in [3.05, 3.63) is 46.3 Å². The summed E-state index contributed by atoms with van der Waals surface area (Å²) in [6.45, 7) is 3.94. The second-order valence-electron chi connectivity index (χ2n) is 5.03. The molecule has 0 aliphatic rings. The van der Waals surface area contributed by atoms with Crippen molar-refractivity contribution in [3.8, 4) is 5.75 Å². The number of rotatable bonds is 4. The molecule has 0 unspecified atom stereocenters. The van der Waals surface area contributed by atoms with E-state index >= 15 is 0 Å². The van der Waals surface area contributed by atoms with E-state index < -0.39 is 0 Å². The van der Waals surface area contributed by atoms with Crippen molar-refractivity contribution in [2.24, 2.45) is 0 Å². The first-order chi connectivity index (χ1) is 9.45. The Morgan fingerprint density at radius 1 is 1.20 bits per heavy atom. The van der Waals surface area contributed by atoms with Crippen LogP contribution in [0.1, 0.15) is 19.4 Å². The van der Waals surface area contributed by atoms with Crippen LogP contribution in [0.25, 0.3) is 17.0 Å². The van der Waals surface area contributed by atoms with Crippen molar-refractivity contribution < 1.29 is 13.9 Å². The number of methoxy groups -OCH3 is 2. The molecule has 0 aliphatic heterocycles. The first-order valence-electron chi connectivity index (χ1n) is 6.31. The van der Waals surface area contributed by atoms with Crippen molar-refractivity contribution in [2.45, 2.75) is 19.4 Å². The Morgan fingerprint density at radius 2 is 1.95 bits per heavy atom. The van der Waals surface area contributed by atoms with Gasteiger partial charge in [0, 0.05) is 30.2 Å². The summed E-state index contributed by atoms with van der Waals surface area (Å²) in [4.78, 5) is 11.2. The summed E-state index contributed by atoms with van der Waals surface area (Å²) in [6, 6.07) is 6.77. The van der Waals surface area contributed by atoms with Gasteiger partial charge in [0.05, 0.1) is 12.7 Å². The van der Waals surface area contributed by atoms with Crippen molar-refractivity contribution in [1.29, 1.82) is 0 Å². The molecule has 4 heteroatoms. The fourth-order valence-electron chi connectivity index (χ4n) is 1.78. The van der Waals surface area contributed by atoms with Crippen molar-refractivity contribution in [3.63, 3.8) is 0 Å². The molecular formula is C16H18O4. The average Bonchev–Trinajstić information content (AvgIpc) is 2.44. The lowest BCUT2D eigenvalue weighted by molar-refractivity contribution is 0.0663. The molecule has 0 saturated carbocycles. The highest BCUT2D eigenvalue weighted by atomic mass is 16.5. The van der Waals surface area contributed by atoms with Crippen LogP contribution in [-0.4, -0.2) is 19.8 Å². The number of hydrogen-bond acceptors (Lipinski definition) is 4. The summed E-state index contributed by atoms with van der Waals surface area (Å²) in [6.07, 6.45) is 3.89. The highest BCUT2D eigenvalue weighted by molar-refractivity contribution is 5.82. The molecule has 1 heterocycles. The quantitative estimate of drug-likeness (QED) is 0.803. The molecule has 0 fully saturated rings. The molecule has 0 aliphatic carbocycles. The van der Waals surface area contributed by atoms with Crippen molar-refractivity contribution >= 4 is 17.0 Å². The predicted octanol–water partition coefficient (Wildman–Crippen LogP) is 3.24. The van der Waals surface area contributed by atoms with Gasteiger partial charge in [-0.3, -0.25) is 0 Å². The summed E-state index contributed by atoms with van der Waals surface area (Å²) < 4.78 is 15.8. The van der Waals surface area contributed by atoms with E-state index in [1.165, 1.54) is 6.07 Å². The zero-order valence-electron chi connectivity index (χ0n) is 12.1. The van der Waals surface area contributed by atoms with Crippen molar-refractivity contribution in [2.75, 3.05) is 14.2 Å². The van der Waals surface area contributed by atoms with Crippen LogP contribution in [-0.2, 0) is 4.74 Å². The minimum absolute atomic E-state index is 0.358. The molecular weight excluding hydrogens is 256 g/mol. The monoisotopic (exact) mass is 274 g/mol. The van der Waals surface area contributed by atoms with Gasteiger partial charge in [-0.2, -0.15) is 0 Å². The summed E-state index contributed by atoms with van der Waals surface area (Å²) in [5.41, 5.74) is 0.684. The second-order valence-corrected chi connectivity index (χ2v) is 5.03. The minimum Gasteiger partial charge on any atom is -0.496 e. The molecule has 0 spiro atoms. The van der Waals surface area contributed by atoms with Crippen LogP contribution in [0, 0.1) is 0 Å². The molecule has 2 rings (SSSR count). The van der Waals surface area contributed by atoms with Crippen LogP contribution in [0.2, 0.25) is 0 Å². The van der Waals surface area contributed by atoms with Gasteiger partial charge < -0.3 is 13.9 Å². The van der Waals surface area contributed by atoms with Gasteiger partial charge >= 0.3 is 5.63 Å². The first-order valence-corrected chi connectivity index (χ1v) is 6.31. The SMILES string of the molecule is COc1cc2oc(=O)ccc2cc1/C=C/C(C)(C)OC. The molecule has 0 amide bonds. The lowest BCUT2D eigenvalue weighted by Crippen LogP contribution is -2.18.